The normalized spacial score (nSPS) is 29.0. The Morgan fingerprint density at radius 1 is 0.970 bits per heavy atom. The number of nitrogens with zero attached hydrogens (tertiary/aromatic N) is 1. The molecule has 33 heavy (non-hydrogen) atoms. The summed E-state index contributed by atoms with van der Waals surface area (Å²) < 4.78 is 10.6. The van der Waals surface area contributed by atoms with Crippen LogP contribution in [-0.2, 0) is 12.5 Å². The van der Waals surface area contributed by atoms with E-state index in [1.807, 2.05) is 11.3 Å². The molecule has 0 amide bonds. The lowest BCUT2D eigenvalue weighted by molar-refractivity contribution is -0.659. The molecular formula is C30H30NOS+. The Labute approximate surface area is 199 Å². The number of thiophene rings is 1. The standard InChI is InChI=1S/C30H30NOS/c1-16-23-5-7-33-29(23)17(2)28-25(16)27-26-21(4-6-31(27)3)11-22(12-24(26)32-28)30-13-18-8-19(14-30)10-20(9-18)15-30/h4-7,11-12,18-20H,8-10,13-15H2,1-3H3/q+1. The summed E-state index contributed by atoms with van der Waals surface area (Å²) in [5, 5.41) is 6.22. The van der Waals surface area contributed by atoms with Crippen molar-refractivity contribution in [2.75, 3.05) is 0 Å². The Balaban J connectivity index is 1.41. The number of hydrogen-bond acceptors (Lipinski definition) is 2. The molecule has 4 aromatic rings. The second kappa shape index (κ2) is 6.18. The molecule has 0 unspecified atom stereocenters. The fourth-order valence-electron chi connectivity index (χ4n) is 8.63. The van der Waals surface area contributed by atoms with Gasteiger partial charge in [-0.25, -0.2) is 4.57 Å². The number of benzene rings is 2. The molecule has 0 radical (unpaired) electrons. The predicted molar refractivity (Wildman–Crippen MR) is 135 cm³/mol. The van der Waals surface area contributed by atoms with E-state index in [9.17, 15) is 0 Å². The summed E-state index contributed by atoms with van der Waals surface area (Å²) in [5.74, 6) is 5.00. The van der Waals surface area contributed by atoms with Crippen molar-refractivity contribution in [2.24, 2.45) is 24.8 Å². The zero-order chi connectivity index (χ0) is 22.1. The van der Waals surface area contributed by atoms with Crippen LogP contribution in [0.5, 0.6) is 11.5 Å². The van der Waals surface area contributed by atoms with E-state index in [1.165, 1.54) is 81.8 Å². The van der Waals surface area contributed by atoms with Crippen LogP contribution >= 0.6 is 11.3 Å². The third-order valence-corrected chi connectivity index (χ3v) is 10.7. The van der Waals surface area contributed by atoms with Gasteiger partial charge in [0.25, 0.3) is 0 Å². The smallest absolute Gasteiger partial charge is 0.228 e. The van der Waals surface area contributed by atoms with Gasteiger partial charge in [-0.2, -0.15) is 0 Å². The first-order valence-electron chi connectivity index (χ1n) is 12.7. The highest BCUT2D eigenvalue weighted by Gasteiger charge is 2.52. The van der Waals surface area contributed by atoms with E-state index in [-0.39, 0.29) is 0 Å². The minimum absolute atomic E-state index is 0.379. The Kier molecular flexibility index (Phi) is 3.55. The summed E-state index contributed by atoms with van der Waals surface area (Å²) in [7, 11) is 2.19. The van der Waals surface area contributed by atoms with E-state index < -0.39 is 0 Å². The summed E-state index contributed by atoms with van der Waals surface area (Å²) >= 11 is 1.83. The molecule has 4 bridgehead atoms. The van der Waals surface area contributed by atoms with Crippen LogP contribution in [0.25, 0.3) is 32.1 Å². The lowest BCUT2D eigenvalue weighted by atomic mass is 9.48. The van der Waals surface area contributed by atoms with Crippen LogP contribution in [-0.4, -0.2) is 0 Å². The van der Waals surface area contributed by atoms with E-state index in [2.05, 4.69) is 61.3 Å². The maximum absolute atomic E-state index is 6.89. The Hall–Kier alpha value is -2.39. The summed E-state index contributed by atoms with van der Waals surface area (Å²) in [5.41, 5.74) is 7.15. The molecule has 3 heterocycles. The first kappa shape index (κ1) is 19.0. The highest BCUT2D eigenvalue weighted by molar-refractivity contribution is 7.17. The molecule has 4 fully saturated rings. The number of aryl methyl sites for hydroxylation is 3. The van der Waals surface area contributed by atoms with E-state index >= 15 is 0 Å². The first-order chi connectivity index (χ1) is 16.0. The van der Waals surface area contributed by atoms with Crippen LogP contribution in [0.1, 0.15) is 55.2 Å². The van der Waals surface area contributed by atoms with Crippen molar-refractivity contribution in [3.05, 3.63) is 52.5 Å². The van der Waals surface area contributed by atoms with Gasteiger partial charge in [0.1, 0.15) is 18.5 Å². The molecule has 0 spiro atoms. The molecule has 4 aliphatic carbocycles. The Morgan fingerprint density at radius 3 is 2.42 bits per heavy atom. The highest BCUT2D eigenvalue weighted by Crippen LogP contribution is 2.62. The van der Waals surface area contributed by atoms with Gasteiger partial charge in [0.15, 0.2) is 6.20 Å². The van der Waals surface area contributed by atoms with Gasteiger partial charge in [0.2, 0.25) is 5.69 Å². The minimum Gasteiger partial charge on any atom is -0.455 e. The van der Waals surface area contributed by atoms with Crippen molar-refractivity contribution in [2.45, 2.75) is 57.8 Å². The lowest BCUT2D eigenvalue weighted by Crippen LogP contribution is -2.48. The molecule has 3 heteroatoms. The van der Waals surface area contributed by atoms with Crippen molar-refractivity contribution >= 4 is 32.2 Å². The van der Waals surface area contributed by atoms with E-state index in [0.29, 0.717) is 5.41 Å². The van der Waals surface area contributed by atoms with Crippen LogP contribution in [0, 0.1) is 31.6 Å². The molecule has 0 saturated heterocycles. The number of hydrogen-bond donors (Lipinski definition) is 0. The second-order valence-electron chi connectivity index (χ2n) is 11.6. The summed E-state index contributed by atoms with van der Waals surface area (Å²) in [6, 6.07) is 9.57. The fraction of sp³-hybridized carbons (Fsp3) is 0.433. The number of fused-ring (bicyclic) bond motifs is 3. The van der Waals surface area contributed by atoms with Gasteiger partial charge in [-0.1, -0.05) is 0 Å². The lowest BCUT2D eigenvalue weighted by Gasteiger charge is -2.57. The molecule has 2 aromatic heterocycles. The number of ether oxygens (including phenoxy) is 1. The largest absolute Gasteiger partial charge is 0.455 e. The monoisotopic (exact) mass is 452 g/mol. The van der Waals surface area contributed by atoms with Crippen LogP contribution < -0.4 is 9.30 Å². The van der Waals surface area contributed by atoms with Gasteiger partial charge in [-0.05, 0) is 121 Å². The van der Waals surface area contributed by atoms with Crippen molar-refractivity contribution in [1.29, 1.82) is 0 Å². The fourth-order valence-corrected chi connectivity index (χ4v) is 9.59. The van der Waals surface area contributed by atoms with Gasteiger partial charge >= 0.3 is 0 Å². The number of aromatic nitrogens is 1. The molecule has 0 atom stereocenters. The molecule has 1 aliphatic heterocycles. The molecule has 2 nitrogen and oxygen atoms in total. The van der Waals surface area contributed by atoms with Crippen molar-refractivity contribution in [1.82, 2.24) is 0 Å². The summed E-state index contributed by atoms with van der Waals surface area (Å²) in [6.45, 7) is 4.51. The first-order valence-corrected chi connectivity index (χ1v) is 13.5. The molecule has 5 aliphatic rings. The van der Waals surface area contributed by atoms with Gasteiger partial charge < -0.3 is 4.74 Å². The van der Waals surface area contributed by atoms with E-state index in [4.69, 9.17) is 4.74 Å². The van der Waals surface area contributed by atoms with Crippen molar-refractivity contribution in [3.63, 3.8) is 0 Å². The third kappa shape index (κ3) is 2.37. The maximum atomic E-state index is 6.89. The Morgan fingerprint density at radius 2 is 1.70 bits per heavy atom. The molecule has 2 aromatic carbocycles. The van der Waals surface area contributed by atoms with Gasteiger partial charge in [-0.15, -0.1) is 11.3 Å². The molecule has 4 saturated carbocycles. The van der Waals surface area contributed by atoms with Crippen LogP contribution in [0.15, 0.2) is 35.8 Å². The van der Waals surface area contributed by atoms with Gasteiger partial charge in [0.05, 0.1) is 10.9 Å². The zero-order valence-corrected chi connectivity index (χ0v) is 20.5. The molecule has 166 valence electrons. The second-order valence-corrected chi connectivity index (χ2v) is 12.5. The van der Waals surface area contributed by atoms with Crippen molar-refractivity contribution in [3.8, 4) is 22.8 Å². The minimum atomic E-state index is 0.379. The van der Waals surface area contributed by atoms with E-state index in [1.54, 1.807) is 5.56 Å². The SMILES string of the molecule is Cc1c2c(c(C)c3sccc13)Oc1cc(C34CC5CC(CC(C5)C3)C4)cc3cc[n+](C)c-2c13. The topological polar surface area (TPSA) is 13.1 Å². The quantitative estimate of drug-likeness (QED) is 0.237. The van der Waals surface area contributed by atoms with Crippen molar-refractivity contribution < 1.29 is 9.30 Å². The van der Waals surface area contributed by atoms with Crippen LogP contribution in [0.4, 0.5) is 0 Å². The average molecular weight is 453 g/mol. The van der Waals surface area contributed by atoms with Gasteiger partial charge in [-0.3, -0.25) is 0 Å². The summed E-state index contributed by atoms with van der Waals surface area (Å²) in [4.78, 5) is 0. The van der Waals surface area contributed by atoms with Crippen LogP contribution in [0.3, 0.4) is 0 Å². The highest BCUT2D eigenvalue weighted by atomic mass is 32.1. The molecule has 9 rings (SSSR count). The molecular weight excluding hydrogens is 422 g/mol. The number of rotatable bonds is 1. The average Bonchev–Trinajstić information content (AvgIpc) is 3.29. The summed E-state index contributed by atoms with van der Waals surface area (Å²) in [6.07, 6.45) is 10.9. The van der Waals surface area contributed by atoms with Gasteiger partial charge in [0, 0.05) is 16.3 Å². The third-order valence-electron chi connectivity index (χ3n) is 9.65. The molecule has 0 N–H and O–H groups in total. The van der Waals surface area contributed by atoms with Crippen LogP contribution in [0.2, 0.25) is 0 Å². The zero-order valence-electron chi connectivity index (χ0n) is 19.7. The predicted octanol–water partition coefficient (Wildman–Crippen LogP) is 7.74. The van der Waals surface area contributed by atoms with E-state index in [0.717, 1.165) is 29.3 Å². The number of pyridine rings is 1. The Bertz CT molecular complexity index is 1470. The maximum Gasteiger partial charge on any atom is 0.228 e.